The third kappa shape index (κ3) is 3.36. The highest BCUT2D eigenvalue weighted by Crippen LogP contribution is 2.31. The third-order valence-electron chi connectivity index (χ3n) is 3.85. The number of aliphatic carboxylic acids is 1. The first kappa shape index (κ1) is 14.5. The van der Waals surface area contributed by atoms with Crippen LogP contribution in [0.4, 0.5) is 0 Å². The number of aliphatic hydroxyl groups is 1. The molecule has 0 saturated heterocycles. The van der Waals surface area contributed by atoms with Gasteiger partial charge in [0.25, 0.3) is 0 Å². The summed E-state index contributed by atoms with van der Waals surface area (Å²) in [5.74, 6) is -1.69. The van der Waals surface area contributed by atoms with E-state index < -0.39 is 17.9 Å². The summed E-state index contributed by atoms with van der Waals surface area (Å²) in [6.07, 6.45) is 1.52. The number of carbonyl (C=O) groups is 2. The Morgan fingerprint density at radius 2 is 1.85 bits per heavy atom. The largest absolute Gasteiger partial charge is 0.481 e. The van der Waals surface area contributed by atoms with Crippen LogP contribution in [0.25, 0.3) is 0 Å². The van der Waals surface area contributed by atoms with Gasteiger partial charge in [-0.15, -0.1) is 0 Å². The molecule has 1 aromatic rings. The molecule has 1 amide bonds. The summed E-state index contributed by atoms with van der Waals surface area (Å²) >= 11 is 0. The molecule has 2 rings (SSSR count). The van der Waals surface area contributed by atoms with E-state index in [0.717, 1.165) is 5.56 Å². The minimum absolute atomic E-state index is 0.170. The Kier molecular flexibility index (Phi) is 4.74. The smallest absolute Gasteiger partial charge is 0.306 e. The quantitative estimate of drug-likeness (QED) is 0.758. The highest BCUT2D eigenvalue weighted by molar-refractivity contribution is 5.81. The lowest BCUT2D eigenvalue weighted by atomic mass is 10.0. The van der Waals surface area contributed by atoms with E-state index in [0.29, 0.717) is 19.3 Å². The molecule has 1 fully saturated rings. The minimum Gasteiger partial charge on any atom is -0.481 e. The number of carbonyl (C=O) groups excluding carboxylic acids is 1. The van der Waals surface area contributed by atoms with Crippen LogP contribution in [-0.4, -0.2) is 28.7 Å². The molecular formula is C15H19NO4. The van der Waals surface area contributed by atoms with E-state index in [1.165, 1.54) is 0 Å². The summed E-state index contributed by atoms with van der Waals surface area (Å²) in [5, 5.41) is 21.2. The fraction of sp³-hybridized carbons (Fsp3) is 0.467. The maximum Gasteiger partial charge on any atom is 0.306 e. The van der Waals surface area contributed by atoms with Crippen LogP contribution in [0.2, 0.25) is 0 Å². The molecule has 0 heterocycles. The SMILES string of the molecule is O=C(O)C1CCC(C(=O)NC(CO)c2ccccc2)C1. The molecule has 5 heteroatoms. The molecule has 3 atom stereocenters. The van der Waals surface area contributed by atoms with E-state index in [2.05, 4.69) is 5.32 Å². The predicted octanol–water partition coefficient (Wildman–Crippen LogP) is 1.34. The monoisotopic (exact) mass is 277 g/mol. The molecule has 5 nitrogen and oxygen atoms in total. The predicted molar refractivity (Wildman–Crippen MR) is 72.9 cm³/mol. The standard InChI is InChI=1S/C15H19NO4/c17-9-13(10-4-2-1-3-5-10)16-14(18)11-6-7-12(8-11)15(19)20/h1-5,11-13,17H,6-9H2,(H,16,18)(H,19,20). The van der Waals surface area contributed by atoms with Crippen LogP contribution in [0.15, 0.2) is 30.3 Å². The molecule has 0 spiro atoms. The zero-order valence-electron chi connectivity index (χ0n) is 11.2. The number of rotatable bonds is 5. The van der Waals surface area contributed by atoms with Gasteiger partial charge in [0.1, 0.15) is 0 Å². The van der Waals surface area contributed by atoms with Crippen molar-refractivity contribution in [3.63, 3.8) is 0 Å². The van der Waals surface area contributed by atoms with Crippen molar-refractivity contribution in [2.45, 2.75) is 25.3 Å². The third-order valence-corrected chi connectivity index (χ3v) is 3.85. The summed E-state index contributed by atoms with van der Waals surface area (Å²) in [7, 11) is 0. The number of amides is 1. The molecule has 0 bridgehead atoms. The Balaban J connectivity index is 1.95. The number of benzene rings is 1. The highest BCUT2D eigenvalue weighted by atomic mass is 16.4. The molecule has 108 valence electrons. The summed E-state index contributed by atoms with van der Waals surface area (Å²) in [5.41, 5.74) is 0.844. The number of carboxylic acids is 1. The molecule has 1 saturated carbocycles. The van der Waals surface area contributed by atoms with Crippen molar-refractivity contribution in [3.05, 3.63) is 35.9 Å². The lowest BCUT2D eigenvalue weighted by Gasteiger charge is -2.19. The van der Waals surface area contributed by atoms with Crippen LogP contribution < -0.4 is 5.32 Å². The van der Waals surface area contributed by atoms with Gasteiger partial charge < -0.3 is 15.5 Å². The van der Waals surface area contributed by atoms with Gasteiger partial charge in [-0.05, 0) is 24.8 Å². The second kappa shape index (κ2) is 6.52. The van der Waals surface area contributed by atoms with Crippen LogP contribution in [0.5, 0.6) is 0 Å². The minimum atomic E-state index is -0.831. The zero-order chi connectivity index (χ0) is 14.5. The van der Waals surface area contributed by atoms with Crippen molar-refractivity contribution >= 4 is 11.9 Å². The fourth-order valence-electron chi connectivity index (χ4n) is 2.65. The second-order valence-electron chi connectivity index (χ2n) is 5.20. The fourth-order valence-corrected chi connectivity index (χ4v) is 2.65. The van der Waals surface area contributed by atoms with Crippen molar-refractivity contribution in [3.8, 4) is 0 Å². The molecule has 3 N–H and O–H groups in total. The van der Waals surface area contributed by atoms with Crippen molar-refractivity contribution in [2.75, 3.05) is 6.61 Å². The van der Waals surface area contributed by atoms with E-state index in [4.69, 9.17) is 5.11 Å². The first-order valence-corrected chi connectivity index (χ1v) is 6.80. The Hall–Kier alpha value is -1.88. The molecule has 3 unspecified atom stereocenters. The Labute approximate surface area is 117 Å². The molecule has 0 aromatic heterocycles. The molecule has 1 aliphatic rings. The molecular weight excluding hydrogens is 258 g/mol. The average Bonchev–Trinajstić information content (AvgIpc) is 2.95. The van der Waals surface area contributed by atoms with E-state index in [1.807, 2.05) is 30.3 Å². The van der Waals surface area contributed by atoms with E-state index in [9.17, 15) is 14.7 Å². The number of nitrogens with one attached hydrogen (secondary N) is 1. The Bertz CT molecular complexity index is 474. The normalized spacial score (nSPS) is 23.2. The van der Waals surface area contributed by atoms with Crippen molar-refractivity contribution in [1.29, 1.82) is 0 Å². The van der Waals surface area contributed by atoms with E-state index in [-0.39, 0.29) is 18.4 Å². The van der Waals surface area contributed by atoms with Gasteiger partial charge in [-0.1, -0.05) is 30.3 Å². The summed E-state index contributed by atoms with van der Waals surface area (Å²) in [6, 6.07) is 8.81. The Morgan fingerprint density at radius 3 is 2.40 bits per heavy atom. The van der Waals surface area contributed by atoms with Gasteiger partial charge >= 0.3 is 5.97 Å². The lowest BCUT2D eigenvalue weighted by Crippen LogP contribution is -2.35. The van der Waals surface area contributed by atoms with Crippen LogP contribution in [-0.2, 0) is 9.59 Å². The van der Waals surface area contributed by atoms with E-state index in [1.54, 1.807) is 0 Å². The van der Waals surface area contributed by atoms with Gasteiger partial charge in [-0.25, -0.2) is 0 Å². The van der Waals surface area contributed by atoms with Crippen molar-refractivity contribution in [1.82, 2.24) is 5.32 Å². The first-order valence-electron chi connectivity index (χ1n) is 6.80. The molecule has 20 heavy (non-hydrogen) atoms. The molecule has 0 aliphatic heterocycles. The van der Waals surface area contributed by atoms with Gasteiger partial charge in [-0.3, -0.25) is 9.59 Å². The van der Waals surface area contributed by atoms with Crippen molar-refractivity contribution in [2.24, 2.45) is 11.8 Å². The number of hydrogen-bond acceptors (Lipinski definition) is 3. The topological polar surface area (TPSA) is 86.6 Å². The van der Waals surface area contributed by atoms with Gasteiger partial charge in [0, 0.05) is 5.92 Å². The maximum absolute atomic E-state index is 12.1. The lowest BCUT2D eigenvalue weighted by molar-refractivity contribution is -0.141. The summed E-state index contributed by atoms with van der Waals surface area (Å²) < 4.78 is 0. The van der Waals surface area contributed by atoms with Crippen molar-refractivity contribution < 1.29 is 19.8 Å². The van der Waals surface area contributed by atoms with Crippen LogP contribution >= 0.6 is 0 Å². The van der Waals surface area contributed by atoms with Gasteiger partial charge in [-0.2, -0.15) is 0 Å². The summed E-state index contributed by atoms with van der Waals surface area (Å²) in [6.45, 7) is -0.176. The van der Waals surface area contributed by atoms with E-state index >= 15 is 0 Å². The van der Waals surface area contributed by atoms with Crippen LogP contribution in [0.3, 0.4) is 0 Å². The maximum atomic E-state index is 12.1. The van der Waals surface area contributed by atoms with Crippen LogP contribution in [0.1, 0.15) is 30.9 Å². The van der Waals surface area contributed by atoms with Gasteiger partial charge in [0.2, 0.25) is 5.91 Å². The molecule has 1 aliphatic carbocycles. The number of carboxylic acid groups (broad SMARTS) is 1. The number of hydrogen-bond donors (Lipinski definition) is 3. The van der Waals surface area contributed by atoms with Gasteiger partial charge in [0.05, 0.1) is 18.6 Å². The van der Waals surface area contributed by atoms with Gasteiger partial charge in [0.15, 0.2) is 0 Å². The first-order chi connectivity index (χ1) is 9.61. The van der Waals surface area contributed by atoms with Crippen LogP contribution in [0, 0.1) is 11.8 Å². The average molecular weight is 277 g/mol. The zero-order valence-corrected chi connectivity index (χ0v) is 11.2. The Morgan fingerprint density at radius 1 is 1.20 bits per heavy atom. The highest BCUT2D eigenvalue weighted by Gasteiger charge is 2.34. The summed E-state index contributed by atoms with van der Waals surface area (Å²) in [4.78, 5) is 23.0. The molecule has 0 radical (unpaired) electrons. The number of aliphatic hydroxyl groups excluding tert-OH is 1. The second-order valence-corrected chi connectivity index (χ2v) is 5.20. The molecule has 1 aromatic carbocycles.